The lowest BCUT2D eigenvalue weighted by Gasteiger charge is -2.09. The van der Waals surface area contributed by atoms with Crippen molar-refractivity contribution in [1.82, 2.24) is 0 Å². The molecule has 0 aliphatic rings. The van der Waals surface area contributed by atoms with Crippen LogP contribution in [0, 0.1) is 0 Å². The highest BCUT2D eigenvalue weighted by Crippen LogP contribution is 2.27. The van der Waals surface area contributed by atoms with Gasteiger partial charge in [-0.15, -0.1) is 0 Å². The third-order valence-electron chi connectivity index (χ3n) is 2.34. The molecule has 0 atom stereocenters. The molecule has 124 valence electrons. The summed E-state index contributed by atoms with van der Waals surface area (Å²) in [6, 6.07) is 4.71. The first-order valence-corrected chi connectivity index (χ1v) is 7.39. The lowest BCUT2D eigenvalue weighted by atomic mass is 10.3. The van der Waals surface area contributed by atoms with Gasteiger partial charge in [-0.2, -0.15) is 0 Å². The molecule has 0 aromatic heterocycles. The van der Waals surface area contributed by atoms with E-state index in [2.05, 4.69) is 0 Å². The smallest absolute Gasteiger partial charge is 0.344 e. The van der Waals surface area contributed by atoms with Gasteiger partial charge >= 0.3 is 5.97 Å². The van der Waals surface area contributed by atoms with Crippen LogP contribution in [0.25, 0.3) is 0 Å². The van der Waals surface area contributed by atoms with Crippen LogP contribution in [0.5, 0.6) is 5.75 Å². The SMILES string of the molecule is O=C(COc1ccc(Cl)cc1Cl)OCCOCCOCCO. The first kappa shape index (κ1) is 19.0. The van der Waals surface area contributed by atoms with Crippen LogP contribution in [-0.4, -0.2) is 57.3 Å². The van der Waals surface area contributed by atoms with Gasteiger partial charge in [0.25, 0.3) is 0 Å². The Morgan fingerprint density at radius 2 is 1.73 bits per heavy atom. The van der Waals surface area contributed by atoms with E-state index in [9.17, 15) is 4.79 Å². The standard InChI is InChI=1S/C14H18Cl2O6/c15-11-1-2-13(12(16)9-11)22-10-14(18)21-8-7-20-6-5-19-4-3-17/h1-2,9,17H,3-8,10H2. The quantitative estimate of drug-likeness (QED) is 0.484. The summed E-state index contributed by atoms with van der Waals surface area (Å²) in [7, 11) is 0. The second kappa shape index (κ2) is 11.5. The molecule has 1 aromatic rings. The molecule has 1 rings (SSSR count). The lowest BCUT2D eigenvalue weighted by Crippen LogP contribution is -2.18. The summed E-state index contributed by atoms with van der Waals surface area (Å²) in [5.74, 6) is -0.161. The van der Waals surface area contributed by atoms with Gasteiger partial charge in [0.05, 0.1) is 38.1 Å². The van der Waals surface area contributed by atoms with E-state index in [0.29, 0.717) is 29.0 Å². The zero-order valence-corrected chi connectivity index (χ0v) is 13.4. The van der Waals surface area contributed by atoms with Gasteiger partial charge in [0.1, 0.15) is 12.4 Å². The number of hydrogen-bond acceptors (Lipinski definition) is 6. The molecular formula is C14H18Cl2O6. The van der Waals surface area contributed by atoms with Gasteiger partial charge in [0.2, 0.25) is 0 Å². The molecule has 0 aliphatic carbocycles. The van der Waals surface area contributed by atoms with Gasteiger partial charge in [-0.05, 0) is 18.2 Å². The second-order valence-corrected chi connectivity index (χ2v) is 4.88. The third-order valence-corrected chi connectivity index (χ3v) is 2.87. The first-order chi connectivity index (χ1) is 10.6. The topological polar surface area (TPSA) is 74.2 Å². The lowest BCUT2D eigenvalue weighted by molar-refractivity contribution is -0.147. The van der Waals surface area contributed by atoms with Crippen molar-refractivity contribution in [2.75, 3.05) is 46.2 Å². The molecule has 0 unspecified atom stereocenters. The Hall–Kier alpha value is -1.05. The van der Waals surface area contributed by atoms with Crippen molar-refractivity contribution in [1.29, 1.82) is 0 Å². The number of carbonyl (C=O) groups excluding carboxylic acids is 1. The minimum Gasteiger partial charge on any atom is -0.480 e. The fraction of sp³-hybridized carbons (Fsp3) is 0.500. The van der Waals surface area contributed by atoms with Crippen LogP contribution < -0.4 is 4.74 Å². The van der Waals surface area contributed by atoms with Gasteiger partial charge in [-0.3, -0.25) is 0 Å². The molecule has 0 heterocycles. The van der Waals surface area contributed by atoms with Crippen LogP contribution in [0.15, 0.2) is 18.2 Å². The van der Waals surface area contributed by atoms with Crippen LogP contribution in [0.3, 0.4) is 0 Å². The van der Waals surface area contributed by atoms with E-state index in [1.54, 1.807) is 12.1 Å². The molecule has 22 heavy (non-hydrogen) atoms. The average molecular weight is 353 g/mol. The number of aliphatic hydroxyl groups excluding tert-OH is 1. The Morgan fingerprint density at radius 1 is 1.05 bits per heavy atom. The summed E-state index contributed by atoms with van der Waals surface area (Å²) >= 11 is 11.7. The maximum Gasteiger partial charge on any atom is 0.344 e. The average Bonchev–Trinajstić information content (AvgIpc) is 2.49. The molecule has 1 aromatic carbocycles. The molecule has 8 heteroatoms. The first-order valence-electron chi connectivity index (χ1n) is 6.63. The molecule has 0 amide bonds. The second-order valence-electron chi connectivity index (χ2n) is 4.03. The molecule has 0 radical (unpaired) electrons. The number of ether oxygens (including phenoxy) is 4. The van der Waals surface area contributed by atoms with Gasteiger partial charge < -0.3 is 24.1 Å². The highest BCUT2D eigenvalue weighted by Gasteiger charge is 2.07. The Bertz CT molecular complexity index is 455. The van der Waals surface area contributed by atoms with Crippen molar-refractivity contribution in [3.05, 3.63) is 28.2 Å². The molecule has 0 saturated carbocycles. The predicted octanol–water partition coefficient (Wildman–Crippen LogP) is 1.94. The molecule has 6 nitrogen and oxygen atoms in total. The van der Waals surface area contributed by atoms with Crippen molar-refractivity contribution in [3.63, 3.8) is 0 Å². The largest absolute Gasteiger partial charge is 0.480 e. The van der Waals surface area contributed by atoms with Crippen LogP contribution in [0.2, 0.25) is 10.0 Å². The summed E-state index contributed by atoms with van der Waals surface area (Å²) in [5, 5.41) is 9.29. The Balaban J connectivity index is 2.06. The summed E-state index contributed by atoms with van der Waals surface area (Å²) in [6.45, 7) is 1.15. The monoisotopic (exact) mass is 352 g/mol. The fourth-order valence-corrected chi connectivity index (χ4v) is 1.83. The minimum absolute atomic E-state index is 0.0186. The number of hydrogen-bond donors (Lipinski definition) is 1. The summed E-state index contributed by atoms with van der Waals surface area (Å²) < 4.78 is 20.3. The van der Waals surface area contributed by atoms with Gasteiger partial charge in [-0.25, -0.2) is 4.79 Å². The van der Waals surface area contributed by atoms with E-state index in [4.69, 9.17) is 47.3 Å². The number of esters is 1. The predicted molar refractivity (Wildman–Crippen MR) is 81.6 cm³/mol. The maximum atomic E-state index is 11.4. The zero-order valence-electron chi connectivity index (χ0n) is 11.9. The summed E-state index contributed by atoms with van der Waals surface area (Å²) in [6.07, 6.45) is 0. The Labute approximate surface area is 138 Å². The molecular weight excluding hydrogens is 335 g/mol. The Morgan fingerprint density at radius 3 is 2.41 bits per heavy atom. The number of rotatable bonds is 11. The van der Waals surface area contributed by atoms with Crippen molar-refractivity contribution in [3.8, 4) is 5.75 Å². The highest BCUT2D eigenvalue weighted by molar-refractivity contribution is 6.35. The molecule has 0 saturated heterocycles. The summed E-state index contributed by atoms with van der Waals surface area (Å²) in [4.78, 5) is 11.4. The van der Waals surface area contributed by atoms with Crippen molar-refractivity contribution < 1.29 is 28.8 Å². The van der Waals surface area contributed by atoms with Crippen LogP contribution in [-0.2, 0) is 19.0 Å². The van der Waals surface area contributed by atoms with Gasteiger partial charge in [0.15, 0.2) is 6.61 Å². The number of carbonyl (C=O) groups is 1. The van der Waals surface area contributed by atoms with E-state index in [0.717, 1.165) is 0 Å². The van der Waals surface area contributed by atoms with E-state index >= 15 is 0 Å². The minimum atomic E-state index is -0.522. The van der Waals surface area contributed by atoms with E-state index in [1.807, 2.05) is 0 Å². The Kier molecular flexibility index (Phi) is 9.94. The van der Waals surface area contributed by atoms with Crippen LogP contribution in [0.4, 0.5) is 0 Å². The van der Waals surface area contributed by atoms with E-state index in [1.165, 1.54) is 6.07 Å². The normalized spacial score (nSPS) is 10.5. The molecule has 0 bridgehead atoms. The van der Waals surface area contributed by atoms with Crippen LogP contribution >= 0.6 is 23.2 Å². The van der Waals surface area contributed by atoms with Crippen molar-refractivity contribution >= 4 is 29.2 Å². The maximum absolute atomic E-state index is 11.4. The number of aliphatic hydroxyl groups is 1. The number of halogens is 2. The fourth-order valence-electron chi connectivity index (χ4n) is 1.37. The van der Waals surface area contributed by atoms with E-state index < -0.39 is 5.97 Å². The van der Waals surface area contributed by atoms with Crippen molar-refractivity contribution in [2.45, 2.75) is 0 Å². The van der Waals surface area contributed by atoms with Crippen molar-refractivity contribution in [2.24, 2.45) is 0 Å². The number of benzene rings is 1. The summed E-state index contributed by atoms with van der Waals surface area (Å²) in [5.41, 5.74) is 0. The van der Waals surface area contributed by atoms with E-state index in [-0.39, 0.29) is 33.0 Å². The third kappa shape index (κ3) is 8.41. The van der Waals surface area contributed by atoms with Gasteiger partial charge in [0, 0.05) is 5.02 Å². The highest BCUT2D eigenvalue weighted by atomic mass is 35.5. The van der Waals surface area contributed by atoms with Gasteiger partial charge in [-0.1, -0.05) is 23.2 Å². The molecule has 1 N–H and O–H groups in total. The molecule has 0 spiro atoms. The molecule has 0 aliphatic heterocycles. The van der Waals surface area contributed by atoms with Crippen LogP contribution in [0.1, 0.15) is 0 Å². The zero-order chi connectivity index (χ0) is 16.2. The molecule has 0 fully saturated rings.